The maximum Gasteiger partial charge on any atom is 0.0833 e. The van der Waals surface area contributed by atoms with Gasteiger partial charge in [0, 0.05) is 45.5 Å². The van der Waals surface area contributed by atoms with Crippen molar-refractivity contribution in [1.29, 1.82) is 0 Å². The molecule has 2 saturated heterocycles. The Morgan fingerprint density at radius 3 is 2.64 bits per heavy atom. The van der Waals surface area contributed by atoms with Crippen molar-refractivity contribution < 1.29 is 4.74 Å². The topological polar surface area (TPSA) is 28.6 Å². The average Bonchev–Trinajstić information content (AvgIpc) is 2.66. The van der Waals surface area contributed by atoms with E-state index in [1.165, 1.54) is 70.3 Å². The van der Waals surface area contributed by atoms with Gasteiger partial charge in [0.1, 0.15) is 0 Å². The summed E-state index contributed by atoms with van der Waals surface area (Å²) in [6.45, 7) is 7.69. The Bertz CT molecular complexity index is 521. The van der Waals surface area contributed by atoms with Crippen molar-refractivity contribution in [3.05, 3.63) is 30.1 Å². The lowest BCUT2D eigenvalue weighted by Crippen LogP contribution is -2.57. The summed E-state index contributed by atoms with van der Waals surface area (Å²) >= 11 is 0. The van der Waals surface area contributed by atoms with Crippen LogP contribution in [0, 0.1) is 5.92 Å². The fourth-order valence-corrected chi connectivity index (χ4v) is 4.96. The molecule has 4 rings (SSSR count). The third-order valence-electron chi connectivity index (χ3n) is 6.45. The molecule has 25 heavy (non-hydrogen) atoms. The summed E-state index contributed by atoms with van der Waals surface area (Å²) in [7, 11) is 0. The van der Waals surface area contributed by atoms with Crippen molar-refractivity contribution in [1.82, 2.24) is 14.8 Å². The molecule has 1 spiro atoms. The molecule has 1 aliphatic carbocycles. The molecule has 3 aliphatic rings. The van der Waals surface area contributed by atoms with E-state index in [0.717, 1.165) is 32.2 Å². The van der Waals surface area contributed by atoms with Crippen molar-refractivity contribution in [2.24, 2.45) is 5.92 Å². The summed E-state index contributed by atoms with van der Waals surface area (Å²) in [5.74, 6) is 0.954. The zero-order valence-electron chi connectivity index (χ0n) is 15.5. The highest BCUT2D eigenvalue weighted by atomic mass is 16.5. The SMILES string of the molecule is c1ccc(CN2CCOC3(CCN(CC4CCCCC4)CC3)C2)nc1. The van der Waals surface area contributed by atoms with Gasteiger partial charge in [-0.1, -0.05) is 25.3 Å². The van der Waals surface area contributed by atoms with Crippen LogP contribution in [0.4, 0.5) is 0 Å². The van der Waals surface area contributed by atoms with E-state index in [9.17, 15) is 0 Å². The third-order valence-corrected chi connectivity index (χ3v) is 6.45. The molecular weight excluding hydrogens is 310 g/mol. The van der Waals surface area contributed by atoms with Crippen molar-refractivity contribution in [3.63, 3.8) is 0 Å². The van der Waals surface area contributed by atoms with Gasteiger partial charge in [-0.25, -0.2) is 0 Å². The number of nitrogens with zero attached hydrogens (tertiary/aromatic N) is 3. The first-order valence-electron chi connectivity index (χ1n) is 10.3. The van der Waals surface area contributed by atoms with Crippen LogP contribution in [-0.2, 0) is 11.3 Å². The predicted molar refractivity (Wildman–Crippen MR) is 100 cm³/mol. The van der Waals surface area contributed by atoms with Crippen LogP contribution in [-0.4, -0.2) is 59.7 Å². The van der Waals surface area contributed by atoms with Gasteiger partial charge in [-0.05, 0) is 43.7 Å². The molecular formula is C21H33N3O. The first-order valence-corrected chi connectivity index (χ1v) is 10.3. The van der Waals surface area contributed by atoms with Crippen LogP contribution in [0.25, 0.3) is 0 Å². The Kier molecular flexibility index (Phi) is 5.69. The van der Waals surface area contributed by atoms with Gasteiger partial charge in [0.15, 0.2) is 0 Å². The van der Waals surface area contributed by atoms with Gasteiger partial charge in [-0.15, -0.1) is 0 Å². The molecule has 1 aromatic heterocycles. The van der Waals surface area contributed by atoms with Gasteiger partial charge in [0.25, 0.3) is 0 Å². The minimum Gasteiger partial charge on any atom is -0.372 e. The number of pyridine rings is 1. The third kappa shape index (κ3) is 4.60. The molecule has 138 valence electrons. The van der Waals surface area contributed by atoms with Gasteiger partial charge in [-0.2, -0.15) is 0 Å². The van der Waals surface area contributed by atoms with Crippen LogP contribution in [0.1, 0.15) is 50.6 Å². The molecule has 1 saturated carbocycles. The molecule has 0 unspecified atom stereocenters. The summed E-state index contributed by atoms with van der Waals surface area (Å²) < 4.78 is 6.32. The summed E-state index contributed by atoms with van der Waals surface area (Å²) in [5, 5.41) is 0. The van der Waals surface area contributed by atoms with Crippen LogP contribution in [0.15, 0.2) is 24.4 Å². The number of morpholine rings is 1. The molecule has 4 nitrogen and oxygen atoms in total. The average molecular weight is 344 g/mol. The van der Waals surface area contributed by atoms with Crippen LogP contribution in [0.3, 0.4) is 0 Å². The van der Waals surface area contributed by atoms with E-state index in [-0.39, 0.29) is 5.60 Å². The van der Waals surface area contributed by atoms with Crippen molar-refractivity contribution in [2.75, 3.05) is 39.3 Å². The first kappa shape index (κ1) is 17.4. The number of ether oxygens (including phenoxy) is 1. The second-order valence-electron chi connectivity index (χ2n) is 8.37. The molecule has 0 atom stereocenters. The normalized spacial score (nSPS) is 26.1. The van der Waals surface area contributed by atoms with Crippen LogP contribution < -0.4 is 0 Å². The fraction of sp³-hybridized carbons (Fsp3) is 0.762. The highest BCUT2D eigenvalue weighted by Gasteiger charge is 2.39. The zero-order valence-corrected chi connectivity index (χ0v) is 15.5. The summed E-state index contributed by atoms with van der Waals surface area (Å²) in [4.78, 5) is 9.75. The van der Waals surface area contributed by atoms with Gasteiger partial charge in [0.2, 0.25) is 0 Å². The molecule has 3 fully saturated rings. The smallest absolute Gasteiger partial charge is 0.0833 e. The molecule has 0 N–H and O–H groups in total. The molecule has 4 heteroatoms. The first-order chi connectivity index (χ1) is 12.3. The number of hydrogen-bond donors (Lipinski definition) is 0. The minimum atomic E-state index is 0.0933. The van der Waals surface area contributed by atoms with E-state index in [1.807, 2.05) is 12.3 Å². The number of likely N-dealkylation sites (tertiary alicyclic amines) is 1. The highest BCUT2D eigenvalue weighted by Crippen LogP contribution is 2.32. The Balaban J connectivity index is 1.27. The van der Waals surface area contributed by atoms with E-state index in [2.05, 4.69) is 26.9 Å². The number of hydrogen-bond acceptors (Lipinski definition) is 4. The highest BCUT2D eigenvalue weighted by molar-refractivity contribution is 5.04. The Hall–Kier alpha value is -0.970. The molecule has 1 aromatic rings. The van der Waals surface area contributed by atoms with E-state index < -0.39 is 0 Å². The maximum atomic E-state index is 6.32. The van der Waals surface area contributed by atoms with E-state index >= 15 is 0 Å². The van der Waals surface area contributed by atoms with E-state index in [0.29, 0.717) is 0 Å². The van der Waals surface area contributed by atoms with Gasteiger partial charge < -0.3 is 9.64 Å². The Morgan fingerprint density at radius 1 is 1.04 bits per heavy atom. The maximum absolute atomic E-state index is 6.32. The predicted octanol–water partition coefficient (Wildman–Crippen LogP) is 3.33. The van der Waals surface area contributed by atoms with Gasteiger partial charge >= 0.3 is 0 Å². The number of rotatable bonds is 4. The standard InChI is InChI=1S/C21H33N3O/c1-2-6-19(7-3-1)16-23-12-9-21(10-13-23)18-24(14-15-25-21)17-20-8-4-5-11-22-20/h4-5,8,11,19H,1-3,6-7,9-10,12-18H2. The Labute approximate surface area is 152 Å². The summed E-state index contributed by atoms with van der Waals surface area (Å²) in [6.07, 6.45) is 11.6. The lowest BCUT2D eigenvalue weighted by atomic mass is 9.86. The van der Waals surface area contributed by atoms with Crippen LogP contribution in [0.5, 0.6) is 0 Å². The van der Waals surface area contributed by atoms with Crippen LogP contribution in [0.2, 0.25) is 0 Å². The molecule has 0 bridgehead atoms. The fourth-order valence-electron chi connectivity index (χ4n) is 4.96. The number of aromatic nitrogens is 1. The quantitative estimate of drug-likeness (QED) is 0.838. The Morgan fingerprint density at radius 2 is 1.88 bits per heavy atom. The lowest BCUT2D eigenvalue weighted by Gasteiger charge is -2.48. The monoisotopic (exact) mass is 343 g/mol. The second kappa shape index (κ2) is 8.15. The van der Waals surface area contributed by atoms with Crippen LogP contribution >= 0.6 is 0 Å². The molecule has 0 radical (unpaired) electrons. The summed E-state index contributed by atoms with van der Waals surface area (Å²) in [6, 6.07) is 6.21. The summed E-state index contributed by atoms with van der Waals surface area (Å²) in [5.41, 5.74) is 1.27. The van der Waals surface area contributed by atoms with Crippen molar-refractivity contribution in [3.8, 4) is 0 Å². The minimum absolute atomic E-state index is 0.0933. The van der Waals surface area contributed by atoms with Gasteiger partial charge in [-0.3, -0.25) is 9.88 Å². The number of piperidine rings is 1. The molecule has 2 aliphatic heterocycles. The molecule has 0 aromatic carbocycles. The van der Waals surface area contributed by atoms with Gasteiger partial charge in [0.05, 0.1) is 17.9 Å². The zero-order chi connectivity index (χ0) is 17.0. The lowest BCUT2D eigenvalue weighted by molar-refractivity contribution is -0.138. The largest absolute Gasteiger partial charge is 0.372 e. The van der Waals surface area contributed by atoms with Crippen molar-refractivity contribution >= 4 is 0 Å². The molecule has 3 heterocycles. The van der Waals surface area contributed by atoms with Crippen molar-refractivity contribution in [2.45, 2.75) is 57.1 Å². The molecule has 0 amide bonds. The second-order valence-corrected chi connectivity index (χ2v) is 8.37. The van der Waals surface area contributed by atoms with E-state index in [1.54, 1.807) is 0 Å². The van der Waals surface area contributed by atoms with E-state index in [4.69, 9.17) is 4.74 Å².